The molecular weight excluding hydrogens is 348 g/mol. The summed E-state index contributed by atoms with van der Waals surface area (Å²) in [7, 11) is 0. The van der Waals surface area contributed by atoms with E-state index in [-0.39, 0.29) is 11.2 Å². The molecule has 0 spiro atoms. The van der Waals surface area contributed by atoms with Crippen LogP contribution < -0.4 is 5.32 Å². The van der Waals surface area contributed by atoms with Gasteiger partial charge < -0.3 is 10.3 Å². The number of aromatic amines is 1. The van der Waals surface area contributed by atoms with Crippen LogP contribution in [-0.4, -0.2) is 26.8 Å². The quantitative estimate of drug-likeness (QED) is 0.636. The monoisotopic (exact) mass is 374 g/mol. The Kier molecular flexibility index (Phi) is 4.53. The fraction of sp³-hybridized carbons (Fsp3) is 0.348. The smallest absolute Gasteiger partial charge is 0.224 e. The first-order chi connectivity index (χ1) is 13.4. The Balaban J connectivity index is 1.73. The van der Waals surface area contributed by atoms with E-state index in [1.807, 2.05) is 24.5 Å². The Hall–Kier alpha value is -2.95. The van der Waals surface area contributed by atoms with E-state index in [0.29, 0.717) is 18.4 Å². The molecule has 28 heavy (non-hydrogen) atoms. The third-order valence-electron chi connectivity index (χ3n) is 5.41. The predicted molar refractivity (Wildman–Crippen MR) is 114 cm³/mol. The molecule has 0 bridgehead atoms. The van der Waals surface area contributed by atoms with Gasteiger partial charge in [0.05, 0.1) is 0 Å². The van der Waals surface area contributed by atoms with Crippen molar-refractivity contribution in [2.24, 2.45) is 5.41 Å². The van der Waals surface area contributed by atoms with Crippen LogP contribution in [0.25, 0.3) is 28.2 Å². The number of H-pyrrole nitrogens is 1. The van der Waals surface area contributed by atoms with Gasteiger partial charge in [0.2, 0.25) is 5.95 Å². The third kappa shape index (κ3) is 3.44. The van der Waals surface area contributed by atoms with E-state index in [1.54, 1.807) is 0 Å². The standard InChI is InChI=1S/C23H26N4O/c1-5-14(2)26-22-25-13-19-18(12-24-21(19)27-22)15-6-7-17-16(10-15)8-9-23(3,4)11-20(17)28/h6-10,12-14H,5,11H2,1-4H3,(H2,24,25,26,27)/t14-/m0/s1. The molecule has 0 aliphatic heterocycles. The van der Waals surface area contributed by atoms with Crippen LogP contribution in [0.4, 0.5) is 5.95 Å². The van der Waals surface area contributed by atoms with Crippen LogP contribution in [0, 0.1) is 5.41 Å². The van der Waals surface area contributed by atoms with E-state index in [1.165, 1.54) is 0 Å². The fourth-order valence-electron chi connectivity index (χ4n) is 3.54. The molecule has 0 fully saturated rings. The van der Waals surface area contributed by atoms with Gasteiger partial charge in [0, 0.05) is 41.4 Å². The molecule has 2 aromatic heterocycles. The Morgan fingerprint density at radius 2 is 2.11 bits per heavy atom. The Labute approximate surface area is 165 Å². The van der Waals surface area contributed by atoms with Crippen molar-refractivity contribution in [3.05, 3.63) is 47.8 Å². The van der Waals surface area contributed by atoms with Crippen molar-refractivity contribution in [2.45, 2.75) is 46.6 Å². The first-order valence-electron chi connectivity index (χ1n) is 9.84. The van der Waals surface area contributed by atoms with E-state index < -0.39 is 0 Å². The molecular formula is C23H26N4O. The summed E-state index contributed by atoms with van der Waals surface area (Å²) >= 11 is 0. The number of ketones is 1. The van der Waals surface area contributed by atoms with Gasteiger partial charge in [-0.05, 0) is 36.0 Å². The van der Waals surface area contributed by atoms with Crippen LogP contribution in [-0.2, 0) is 0 Å². The average Bonchev–Trinajstić information content (AvgIpc) is 3.04. The van der Waals surface area contributed by atoms with Crippen LogP contribution in [0.2, 0.25) is 0 Å². The van der Waals surface area contributed by atoms with Crippen molar-refractivity contribution < 1.29 is 4.79 Å². The number of allylic oxidation sites excluding steroid dienone is 1. The molecule has 0 saturated carbocycles. The minimum Gasteiger partial charge on any atom is -0.352 e. The molecule has 0 unspecified atom stereocenters. The van der Waals surface area contributed by atoms with E-state index in [2.05, 4.69) is 66.2 Å². The summed E-state index contributed by atoms with van der Waals surface area (Å²) in [4.78, 5) is 24.9. The van der Waals surface area contributed by atoms with Crippen molar-refractivity contribution in [1.29, 1.82) is 0 Å². The molecule has 1 atom stereocenters. The second-order valence-corrected chi connectivity index (χ2v) is 8.34. The summed E-state index contributed by atoms with van der Waals surface area (Å²) in [6, 6.07) is 6.36. The minimum atomic E-state index is -0.121. The molecule has 2 heterocycles. The first kappa shape index (κ1) is 18.4. The van der Waals surface area contributed by atoms with Crippen LogP contribution in [0.5, 0.6) is 0 Å². The number of carbonyl (C=O) groups excluding carboxylic acids is 1. The van der Waals surface area contributed by atoms with Crippen LogP contribution in [0.15, 0.2) is 36.7 Å². The van der Waals surface area contributed by atoms with Gasteiger partial charge in [0.15, 0.2) is 5.78 Å². The molecule has 0 amide bonds. The highest BCUT2D eigenvalue weighted by molar-refractivity contribution is 6.02. The van der Waals surface area contributed by atoms with Gasteiger partial charge in [0.25, 0.3) is 0 Å². The number of nitrogens with zero attached hydrogens (tertiary/aromatic N) is 2. The lowest BCUT2D eigenvalue weighted by molar-refractivity contribution is 0.0951. The second-order valence-electron chi connectivity index (χ2n) is 8.34. The van der Waals surface area contributed by atoms with E-state index >= 15 is 0 Å². The van der Waals surface area contributed by atoms with Crippen LogP contribution >= 0.6 is 0 Å². The summed E-state index contributed by atoms with van der Waals surface area (Å²) in [5, 5.41) is 4.28. The molecule has 5 nitrogen and oxygen atoms in total. The van der Waals surface area contributed by atoms with E-state index in [0.717, 1.165) is 39.7 Å². The SMILES string of the molecule is CC[C@H](C)Nc1ncc2c(-c3ccc4c(c3)C=CC(C)(C)CC4=O)c[nH]c2n1. The van der Waals surface area contributed by atoms with Crippen LogP contribution in [0.3, 0.4) is 0 Å². The minimum absolute atomic E-state index is 0.121. The zero-order chi connectivity index (χ0) is 19.9. The number of fused-ring (bicyclic) bond motifs is 2. The molecule has 1 aromatic carbocycles. The number of hydrogen-bond donors (Lipinski definition) is 2. The lowest BCUT2D eigenvalue weighted by Gasteiger charge is -2.16. The van der Waals surface area contributed by atoms with Gasteiger partial charge in [-0.2, -0.15) is 4.98 Å². The largest absolute Gasteiger partial charge is 0.352 e. The molecule has 1 aliphatic rings. The number of rotatable bonds is 4. The Morgan fingerprint density at radius 1 is 1.29 bits per heavy atom. The molecule has 0 saturated heterocycles. The van der Waals surface area contributed by atoms with Crippen molar-refractivity contribution >= 4 is 28.8 Å². The van der Waals surface area contributed by atoms with Crippen molar-refractivity contribution in [1.82, 2.24) is 15.0 Å². The van der Waals surface area contributed by atoms with E-state index in [4.69, 9.17) is 0 Å². The van der Waals surface area contributed by atoms with Crippen molar-refractivity contribution in [3.63, 3.8) is 0 Å². The highest BCUT2D eigenvalue weighted by Gasteiger charge is 2.24. The van der Waals surface area contributed by atoms with E-state index in [9.17, 15) is 4.79 Å². The molecule has 0 radical (unpaired) electrons. The van der Waals surface area contributed by atoms with Gasteiger partial charge in [-0.25, -0.2) is 4.98 Å². The molecule has 2 N–H and O–H groups in total. The molecule has 1 aliphatic carbocycles. The number of aromatic nitrogens is 3. The van der Waals surface area contributed by atoms with Gasteiger partial charge in [-0.3, -0.25) is 4.79 Å². The summed E-state index contributed by atoms with van der Waals surface area (Å²) in [6.45, 7) is 8.42. The van der Waals surface area contributed by atoms with Gasteiger partial charge >= 0.3 is 0 Å². The molecule has 144 valence electrons. The van der Waals surface area contributed by atoms with Gasteiger partial charge in [-0.15, -0.1) is 0 Å². The summed E-state index contributed by atoms with van der Waals surface area (Å²) in [5.41, 5.74) is 4.54. The summed E-state index contributed by atoms with van der Waals surface area (Å²) in [6.07, 6.45) is 9.56. The maximum absolute atomic E-state index is 12.6. The fourth-order valence-corrected chi connectivity index (χ4v) is 3.54. The maximum Gasteiger partial charge on any atom is 0.224 e. The highest BCUT2D eigenvalue weighted by Crippen LogP contribution is 2.34. The normalized spacial score (nSPS) is 16.6. The number of benzene rings is 1. The number of hydrogen-bond acceptors (Lipinski definition) is 4. The summed E-state index contributed by atoms with van der Waals surface area (Å²) in [5.74, 6) is 0.826. The maximum atomic E-state index is 12.6. The zero-order valence-corrected chi connectivity index (χ0v) is 16.8. The zero-order valence-electron chi connectivity index (χ0n) is 16.8. The molecule has 5 heteroatoms. The van der Waals surface area contributed by atoms with Crippen molar-refractivity contribution in [2.75, 3.05) is 5.32 Å². The average molecular weight is 374 g/mol. The summed E-state index contributed by atoms with van der Waals surface area (Å²) < 4.78 is 0. The van der Waals surface area contributed by atoms with Gasteiger partial charge in [0.1, 0.15) is 5.65 Å². The topological polar surface area (TPSA) is 70.7 Å². The Bertz CT molecular complexity index is 1080. The molecule has 3 aromatic rings. The number of Topliss-reactive ketones (excluding diaryl/α,β-unsaturated/α-hetero) is 1. The first-order valence-corrected chi connectivity index (χ1v) is 9.84. The highest BCUT2D eigenvalue weighted by atomic mass is 16.1. The third-order valence-corrected chi connectivity index (χ3v) is 5.41. The number of anilines is 1. The second kappa shape index (κ2) is 6.89. The lowest BCUT2D eigenvalue weighted by atomic mass is 9.87. The number of carbonyl (C=O) groups is 1. The van der Waals surface area contributed by atoms with Crippen molar-refractivity contribution in [3.8, 4) is 11.1 Å². The van der Waals surface area contributed by atoms with Gasteiger partial charge in [-0.1, -0.05) is 45.1 Å². The Morgan fingerprint density at radius 3 is 2.89 bits per heavy atom. The predicted octanol–water partition coefficient (Wildman–Crippen LogP) is 5.46. The number of nitrogens with one attached hydrogen (secondary N) is 2. The molecule has 4 rings (SSSR count). The van der Waals surface area contributed by atoms with Crippen LogP contribution in [0.1, 0.15) is 56.5 Å². The lowest BCUT2D eigenvalue weighted by Crippen LogP contribution is -2.15.